The van der Waals surface area contributed by atoms with Crippen molar-refractivity contribution in [2.45, 2.75) is 19.4 Å². The summed E-state index contributed by atoms with van der Waals surface area (Å²) < 4.78 is 5.88. The molecule has 3 rings (SSSR count). The molecule has 0 radical (unpaired) electrons. The van der Waals surface area contributed by atoms with E-state index in [0.717, 1.165) is 18.0 Å². The van der Waals surface area contributed by atoms with Gasteiger partial charge in [0.25, 0.3) is 5.91 Å². The summed E-state index contributed by atoms with van der Waals surface area (Å²) in [4.78, 5) is 21.1. The molecule has 2 aromatic rings. The van der Waals surface area contributed by atoms with E-state index in [0.29, 0.717) is 18.8 Å². The minimum absolute atomic E-state index is 0.00948. The molecule has 1 amide bonds. The van der Waals surface area contributed by atoms with Crippen LogP contribution in [0.5, 0.6) is 5.75 Å². The zero-order chi connectivity index (χ0) is 13.9. The van der Waals surface area contributed by atoms with Gasteiger partial charge in [0.05, 0.1) is 12.7 Å². The third-order valence-electron chi connectivity index (χ3n) is 3.41. The fourth-order valence-corrected chi connectivity index (χ4v) is 2.40. The average molecular weight is 271 g/mol. The number of para-hydroxylation sites is 1. The lowest BCUT2D eigenvalue weighted by molar-refractivity contribution is 0.0767. The van der Waals surface area contributed by atoms with Gasteiger partial charge in [-0.2, -0.15) is 0 Å². The monoisotopic (exact) mass is 271 g/mol. The van der Waals surface area contributed by atoms with Gasteiger partial charge in [0, 0.05) is 13.0 Å². The summed E-state index contributed by atoms with van der Waals surface area (Å²) in [6, 6.07) is 9.71. The third kappa shape index (κ3) is 2.66. The van der Waals surface area contributed by atoms with Gasteiger partial charge in [0.1, 0.15) is 23.4 Å². The van der Waals surface area contributed by atoms with Crippen molar-refractivity contribution in [3.8, 4) is 5.75 Å². The van der Waals surface area contributed by atoms with Crippen LogP contribution in [0, 0.1) is 6.92 Å². The Morgan fingerprint density at radius 3 is 2.90 bits per heavy atom. The van der Waals surface area contributed by atoms with Crippen LogP contribution in [-0.4, -0.2) is 40.0 Å². The lowest BCUT2D eigenvalue weighted by atomic mass is 10.3. The van der Waals surface area contributed by atoms with Crippen molar-refractivity contribution in [2.75, 3.05) is 13.1 Å². The molecule has 1 atom stereocenters. The number of amides is 1. The van der Waals surface area contributed by atoms with Crippen molar-refractivity contribution in [1.82, 2.24) is 14.9 Å². The summed E-state index contributed by atoms with van der Waals surface area (Å²) in [7, 11) is 0. The van der Waals surface area contributed by atoms with Gasteiger partial charge in [-0.05, 0) is 19.1 Å². The highest BCUT2D eigenvalue weighted by Gasteiger charge is 2.28. The van der Waals surface area contributed by atoms with E-state index in [1.165, 1.54) is 0 Å². The van der Waals surface area contributed by atoms with E-state index in [2.05, 4.69) is 9.97 Å². The topological polar surface area (TPSA) is 58.2 Å². The molecule has 20 heavy (non-hydrogen) atoms. The Kier molecular flexibility index (Phi) is 3.41. The molecule has 0 bridgehead atoms. The van der Waals surface area contributed by atoms with E-state index in [4.69, 9.17) is 4.74 Å². The number of aryl methyl sites for hydroxylation is 1. The number of hydrogen-bond donors (Lipinski definition) is 1. The molecule has 1 N–H and O–H groups in total. The van der Waals surface area contributed by atoms with Crippen LogP contribution in [0.25, 0.3) is 0 Å². The molecule has 2 heterocycles. The maximum absolute atomic E-state index is 12.3. The van der Waals surface area contributed by atoms with E-state index in [1.807, 2.05) is 37.3 Å². The summed E-state index contributed by atoms with van der Waals surface area (Å²) in [6.45, 7) is 3.17. The molecule has 0 saturated carbocycles. The first kappa shape index (κ1) is 12.7. The van der Waals surface area contributed by atoms with Gasteiger partial charge in [0.15, 0.2) is 0 Å². The molecule has 1 aliphatic rings. The van der Waals surface area contributed by atoms with Crippen LogP contribution in [0.2, 0.25) is 0 Å². The van der Waals surface area contributed by atoms with Gasteiger partial charge in [-0.15, -0.1) is 0 Å². The number of nitrogens with one attached hydrogen (secondary N) is 1. The summed E-state index contributed by atoms with van der Waals surface area (Å²) >= 11 is 0. The van der Waals surface area contributed by atoms with Crippen molar-refractivity contribution in [2.24, 2.45) is 0 Å². The Labute approximate surface area is 117 Å². The summed E-state index contributed by atoms with van der Waals surface area (Å²) in [6.07, 6.45) is 2.50. The molecule has 0 unspecified atom stereocenters. The van der Waals surface area contributed by atoms with Crippen LogP contribution >= 0.6 is 0 Å². The van der Waals surface area contributed by atoms with E-state index < -0.39 is 0 Å². The van der Waals surface area contributed by atoms with Crippen molar-refractivity contribution in [1.29, 1.82) is 0 Å². The van der Waals surface area contributed by atoms with Crippen LogP contribution in [0.15, 0.2) is 36.5 Å². The second-order valence-electron chi connectivity index (χ2n) is 4.98. The first-order valence-corrected chi connectivity index (χ1v) is 6.75. The van der Waals surface area contributed by atoms with Crippen LogP contribution in [-0.2, 0) is 0 Å². The Morgan fingerprint density at radius 2 is 2.20 bits per heavy atom. The molecule has 0 aliphatic carbocycles. The first-order valence-electron chi connectivity index (χ1n) is 6.75. The number of rotatable bonds is 3. The van der Waals surface area contributed by atoms with E-state index in [9.17, 15) is 4.79 Å². The summed E-state index contributed by atoms with van der Waals surface area (Å²) in [5.41, 5.74) is 0.544. The molecule has 0 spiro atoms. The minimum atomic E-state index is -0.00948. The molecule has 1 aliphatic heterocycles. The highest BCUT2D eigenvalue weighted by atomic mass is 16.5. The highest BCUT2D eigenvalue weighted by molar-refractivity contribution is 5.92. The van der Waals surface area contributed by atoms with Crippen LogP contribution in [0.4, 0.5) is 0 Å². The van der Waals surface area contributed by atoms with Gasteiger partial charge in [0.2, 0.25) is 0 Å². The molecule has 1 aromatic carbocycles. The van der Waals surface area contributed by atoms with Crippen molar-refractivity contribution < 1.29 is 9.53 Å². The van der Waals surface area contributed by atoms with Crippen molar-refractivity contribution in [3.63, 3.8) is 0 Å². The van der Waals surface area contributed by atoms with Gasteiger partial charge in [-0.1, -0.05) is 18.2 Å². The number of ether oxygens (including phenoxy) is 1. The number of carbonyl (C=O) groups is 1. The number of imidazole rings is 1. The number of carbonyl (C=O) groups excluding carboxylic acids is 1. The Bertz CT molecular complexity index is 594. The summed E-state index contributed by atoms with van der Waals surface area (Å²) in [5, 5.41) is 0. The standard InChI is InChI=1S/C15H17N3O2/c1-11-16-9-14(17-11)15(19)18-8-7-13(10-18)20-12-5-3-2-4-6-12/h2-6,9,13H,7-8,10H2,1H3,(H,16,17)/t13-/m0/s1. The Balaban J connectivity index is 1.61. The maximum atomic E-state index is 12.3. The van der Waals surface area contributed by atoms with Crippen LogP contribution in [0.1, 0.15) is 22.7 Å². The molecule has 1 saturated heterocycles. The zero-order valence-electron chi connectivity index (χ0n) is 11.4. The maximum Gasteiger partial charge on any atom is 0.272 e. The summed E-state index contributed by atoms with van der Waals surface area (Å²) in [5.74, 6) is 1.60. The van der Waals surface area contributed by atoms with Crippen LogP contribution in [0.3, 0.4) is 0 Å². The van der Waals surface area contributed by atoms with E-state index in [-0.39, 0.29) is 12.0 Å². The van der Waals surface area contributed by atoms with E-state index in [1.54, 1.807) is 11.1 Å². The first-order chi connectivity index (χ1) is 9.72. The normalized spacial score (nSPS) is 18.2. The fourth-order valence-electron chi connectivity index (χ4n) is 2.40. The third-order valence-corrected chi connectivity index (χ3v) is 3.41. The van der Waals surface area contributed by atoms with Crippen molar-refractivity contribution >= 4 is 5.91 Å². The lowest BCUT2D eigenvalue weighted by Crippen LogP contribution is -2.31. The predicted molar refractivity (Wildman–Crippen MR) is 74.7 cm³/mol. The quantitative estimate of drug-likeness (QED) is 0.929. The molecule has 1 fully saturated rings. The molecular weight excluding hydrogens is 254 g/mol. The number of nitrogens with zero attached hydrogens (tertiary/aromatic N) is 2. The highest BCUT2D eigenvalue weighted by Crippen LogP contribution is 2.19. The number of benzene rings is 1. The van der Waals surface area contributed by atoms with Crippen molar-refractivity contribution in [3.05, 3.63) is 48.0 Å². The number of likely N-dealkylation sites (tertiary alicyclic amines) is 1. The Morgan fingerprint density at radius 1 is 1.40 bits per heavy atom. The molecule has 5 nitrogen and oxygen atoms in total. The largest absolute Gasteiger partial charge is 0.489 e. The fraction of sp³-hybridized carbons (Fsp3) is 0.333. The Hall–Kier alpha value is -2.30. The molecule has 104 valence electrons. The number of hydrogen-bond acceptors (Lipinski definition) is 3. The van der Waals surface area contributed by atoms with Gasteiger partial charge in [-0.25, -0.2) is 4.98 Å². The predicted octanol–water partition coefficient (Wildman–Crippen LogP) is 2.01. The SMILES string of the molecule is Cc1ncc(C(=O)N2CC[C@H](Oc3ccccc3)C2)[nH]1. The lowest BCUT2D eigenvalue weighted by Gasteiger charge is -2.16. The molecule has 5 heteroatoms. The van der Waals surface area contributed by atoms with Crippen LogP contribution < -0.4 is 4.74 Å². The number of aromatic amines is 1. The van der Waals surface area contributed by atoms with Gasteiger partial charge >= 0.3 is 0 Å². The van der Waals surface area contributed by atoms with Gasteiger partial charge < -0.3 is 14.6 Å². The zero-order valence-corrected chi connectivity index (χ0v) is 11.4. The second-order valence-corrected chi connectivity index (χ2v) is 4.98. The van der Waals surface area contributed by atoms with E-state index >= 15 is 0 Å². The number of aromatic nitrogens is 2. The smallest absolute Gasteiger partial charge is 0.272 e. The minimum Gasteiger partial charge on any atom is -0.489 e. The number of H-pyrrole nitrogens is 1. The molecule has 1 aromatic heterocycles. The molecular formula is C15H17N3O2. The average Bonchev–Trinajstić information content (AvgIpc) is 3.08. The van der Waals surface area contributed by atoms with Gasteiger partial charge in [-0.3, -0.25) is 4.79 Å². The second kappa shape index (κ2) is 5.36.